The molecule has 0 bridgehead atoms. The van der Waals surface area contributed by atoms with Crippen molar-refractivity contribution >= 4 is 33.7 Å². The molecule has 3 heterocycles. The van der Waals surface area contributed by atoms with Crippen LogP contribution in [-0.4, -0.2) is 64.4 Å². The molecule has 13 nitrogen and oxygen atoms in total. The summed E-state index contributed by atoms with van der Waals surface area (Å²) in [5.74, 6) is 0.0681. The summed E-state index contributed by atoms with van der Waals surface area (Å²) in [6.45, 7) is 10.9. The molecule has 4 N–H and O–H groups in total. The van der Waals surface area contributed by atoms with E-state index < -0.39 is 33.3 Å². The molecule has 3 rings (SSSR count). The fraction of sp³-hybridized carbons (Fsp3) is 0.435. The summed E-state index contributed by atoms with van der Waals surface area (Å²) in [5.41, 5.74) is 0.445. The molecule has 0 aliphatic heterocycles. The highest BCUT2D eigenvalue weighted by atomic mass is 32.2. The smallest absolute Gasteiger partial charge is 0.407 e. The van der Waals surface area contributed by atoms with Crippen LogP contribution in [0.5, 0.6) is 0 Å². The van der Waals surface area contributed by atoms with Gasteiger partial charge in [-0.05, 0) is 59.7 Å². The van der Waals surface area contributed by atoms with E-state index in [1.165, 1.54) is 16.8 Å². The van der Waals surface area contributed by atoms with Crippen LogP contribution in [0.1, 0.15) is 41.5 Å². The van der Waals surface area contributed by atoms with Crippen LogP contribution in [0.2, 0.25) is 0 Å². The number of nitrogens with zero attached hydrogens (tertiary/aromatic N) is 4. The minimum absolute atomic E-state index is 0.0406. The van der Waals surface area contributed by atoms with E-state index >= 15 is 0 Å². The van der Waals surface area contributed by atoms with Crippen LogP contribution in [0.15, 0.2) is 41.7 Å². The largest absolute Gasteiger partial charge is 0.444 e. The minimum atomic E-state index is -3.75. The molecular formula is C23H32N8O5S. The van der Waals surface area contributed by atoms with Crippen LogP contribution >= 0.6 is 0 Å². The van der Waals surface area contributed by atoms with Crippen molar-refractivity contribution in [2.75, 3.05) is 18.4 Å². The van der Waals surface area contributed by atoms with Gasteiger partial charge in [0.25, 0.3) is 5.95 Å². The molecular weight excluding hydrogens is 500 g/mol. The van der Waals surface area contributed by atoms with Gasteiger partial charge in [-0.1, -0.05) is 0 Å². The van der Waals surface area contributed by atoms with E-state index in [4.69, 9.17) is 4.74 Å². The van der Waals surface area contributed by atoms with Crippen LogP contribution in [0, 0.1) is 0 Å². The Labute approximate surface area is 215 Å². The predicted octanol–water partition coefficient (Wildman–Crippen LogP) is 2.51. The Morgan fingerprint density at radius 3 is 2.38 bits per heavy atom. The number of aromatic nitrogens is 4. The zero-order valence-electron chi connectivity index (χ0n) is 21.6. The molecule has 0 saturated carbocycles. The number of anilines is 1. The van der Waals surface area contributed by atoms with Crippen molar-refractivity contribution in [3.8, 4) is 11.1 Å². The van der Waals surface area contributed by atoms with Gasteiger partial charge in [-0.15, -0.1) is 5.10 Å². The number of alkyl carbamates (subject to hydrolysis) is 1. The summed E-state index contributed by atoms with van der Waals surface area (Å²) in [5, 5.41) is 11.9. The Hall–Kier alpha value is -3.78. The summed E-state index contributed by atoms with van der Waals surface area (Å²) >= 11 is 0. The van der Waals surface area contributed by atoms with Crippen molar-refractivity contribution in [1.82, 2.24) is 34.9 Å². The number of rotatable bonds is 7. The molecule has 3 aromatic heterocycles. The minimum Gasteiger partial charge on any atom is -0.444 e. The highest BCUT2D eigenvalue weighted by Gasteiger charge is 2.23. The molecule has 0 fully saturated rings. The fourth-order valence-corrected chi connectivity index (χ4v) is 4.50. The van der Waals surface area contributed by atoms with E-state index in [-0.39, 0.29) is 23.9 Å². The zero-order chi connectivity index (χ0) is 27.4. The summed E-state index contributed by atoms with van der Waals surface area (Å²) < 4.78 is 34.5. The van der Waals surface area contributed by atoms with Crippen LogP contribution in [0.3, 0.4) is 0 Å². The number of hydrogen-bond acceptors (Lipinski definition) is 8. The second-order valence-electron chi connectivity index (χ2n) is 10.2. The topological polar surface area (TPSA) is 169 Å². The van der Waals surface area contributed by atoms with Crippen molar-refractivity contribution in [3.05, 3.63) is 36.8 Å². The van der Waals surface area contributed by atoms with E-state index in [1.807, 2.05) is 0 Å². The molecule has 0 aliphatic rings. The number of carbonyl (C=O) groups is 2. The zero-order valence-corrected chi connectivity index (χ0v) is 22.4. The van der Waals surface area contributed by atoms with Crippen molar-refractivity contribution in [1.29, 1.82) is 0 Å². The van der Waals surface area contributed by atoms with Crippen molar-refractivity contribution in [2.45, 2.75) is 57.6 Å². The summed E-state index contributed by atoms with van der Waals surface area (Å²) in [7, 11) is -3.75. The molecule has 3 aromatic rings. The first-order valence-electron chi connectivity index (χ1n) is 11.5. The Kier molecular flexibility index (Phi) is 8.03. The lowest BCUT2D eigenvalue weighted by Gasteiger charge is -2.20. The highest BCUT2D eigenvalue weighted by Crippen LogP contribution is 2.23. The molecule has 0 saturated heterocycles. The van der Waals surface area contributed by atoms with Crippen molar-refractivity contribution in [3.63, 3.8) is 0 Å². The Balaban J connectivity index is 1.64. The fourth-order valence-electron chi connectivity index (χ4n) is 3.09. The Morgan fingerprint density at radius 2 is 1.70 bits per heavy atom. The lowest BCUT2D eigenvalue weighted by Crippen LogP contribution is -2.40. The third-order valence-corrected chi connectivity index (χ3v) is 6.16. The highest BCUT2D eigenvalue weighted by molar-refractivity contribution is 7.89. The number of urea groups is 1. The average Bonchev–Trinajstić information content (AvgIpc) is 3.15. The number of amides is 3. The van der Waals surface area contributed by atoms with E-state index in [9.17, 15) is 18.0 Å². The van der Waals surface area contributed by atoms with E-state index in [2.05, 4.69) is 35.7 Å². The number of pyridine rings is 2. The van der Waals surface area contributed by atoms with Crippen molar-refractivity contribution < 1.29 is 22.7 Å². The molecule has 0 radical (unpaired) electrons. The lowest BCUT2D eigenvalue weighted by atomic mass is 10.1. The Morgan fingerprint density at radius 1 is 1.00 bits per heavy atom. The molecule has 200 valence electrons. The van der Waals surface area contributed by atoms with Crippen LogP contribution < -0.4 is 20.7 Å². The number of sulfonamides is 1. The molecule has 0 atom stereocenters. The van der Waals surface area contributed by atoms with Gasteiger partial charge in [0.2, 0.25) is 10.0 Å². The summed E-state index contributed by atoms with van der Waals surface area (Å²) in [6, 6.07) is 4.42. The van der Waals surface area contributed by atoms with E-state index in [0.717, 1.165) is 0 Å². The number of fused-ring (bicyclic) bond motifs is 1. The van der Waals surface area contributed by atoms with Crippen LogP contribution in [0.25, 0.3) is 16.8 Å². The van der Waals surface area contributed by atoms with Gasteiger partial charge in [0.15, 0.2) is 5.65 Å². The van der Waals surface area contributed by atoms with E-state index in [0.29, 0.717) is 16.8 Å². The summed E-state index contributed by atoms with van der Waals surface area (Å²) in [4.78, 5) is 32.2. The number of ether oxygens (including phenoxy) is 1. The van der Waals surface area contributed by atoms with Gasteiger partial charge in [0, 0.05) is 48.3 Å². The quantitative estimate of drug-likeness (QED) is 0.337. The third-order valence-electron chi connectivity index (χ3n) is 4.43. The predicted molar refractivity (Wildman–Crippen MR) is 138 cm³/mol. The maximum Gasteiger partial charge on any atom is 0.407 e. The van der Waals surface area contributed by atoms with Crippen LogP contribution in [0.4, 0.5) is 15.5 Å². The van der Waals surface area contributed by atoms with Gasteiger partial charge >= 0.3 is 12.1 Å². The van der Waals surface area contributed by atoms with Gasteiger partial charge < -0.3 is 15.4 Å². The maximum atomic E-state index is 12.7. The number of nitrogens with one attached hydrogen (secondary N) is 4. The second kappa shape index (κ2) is 10.7. The molecule has 0 aliphatic carbocycles. The standard InChI is InChI=1S/C23H32N8O5S/c1-22(2,3)30-37(34,35)17-11-16(12-24-13-17)15-7-8-18-27-19(29-31(18)14-15)28-20(32)25-9-10-26-21(33)36-23(4,5)6/h7-8,11-14,30H,9-10H2,1-6H3,(H,26,33)(H2,25,28,29,32). The number of hydrogen-bond donors (Lipinski definition) is 4. The summed E-state index contributed by atoms with van der Waals surface area (Å²) in [6.07, 6.45) is 3.92. The number of carbonyl (C=O) groups excluding carboxylic acids is 2. The van der Waals surface area contributed by atoms with Gasteiger partial charge in [-0.25, -0.2) is 27.2 Å². The van der Waals surface area contributed by atoms with Gasteiger partial charge in [-0.2, -0.15) is 4.98 Å². The van der Waals surface area contributed by atoms with Crippen molar-refractivity contribution in [2.24, 2.45) is 0 Å². The van der Waals surface area contributed by atoms with Gasteiger partial charge in [0.05, 0.1) is 0 Å². The third kappa shape index (κ3) is 8.39. The molecule has 14 heteroatoms. The molecule has 0 unspecified atom stereocenters. The monoisotopic (exact) mass is 532 g/mol. The second-order valence-corrected chi connectivity index (χ2v) is 11.9. The molecule has 0 spiro atoms. The first-order valence-corrected chi connectivity index (χ1v) is 13.0. The lowest BCUT2D eigenvalue weighted by molar-refractivity contribution is 0.0528. The first-order chi connectivity index (χ1) is 17.1. The molecule has 3 amide bonds. The molecule has 0 aromatic carbocycles. The van der Waals surface area contributed by atoms with Crippen LogP contribution in [-0.2, 0) is 14.8 Å². The SMILES string of the molecule is CC(C)(C)NS(=O)(=O)c1cncc(-c2ccc3nc(NC(=O)NCCNC(=O)OC(C)(C)C)nn3c2)c1. The normalized spacial score (nSPS) is 12.3. The van der Waals surface area contributed by atoms with Gasteiger partial charge in [-0.3, -0.25) is 10.3 Å². The Bertz CT molecular complexity index is 1390. The first kappa shape index (κ1) is 27.8. The average molecular weight is 533 g/mol. The van der Waals surface area contributed by atoms with E-state index in [1.54, 1.807) is 66.1 Å². The van der Waals surface area contributed by atoms with Gasteiger partial charge in [0.1, 0.15) is 10.5 Å². The molecule has 37 heavy (non-hydrogen) atoms. The maximum absolute atomic E-state index is 12.7.